The van der Waals surface area contributed by atoms with E-state index >= 15 is 0 Å². The molecule has 0 radical (unpaired) electrons. The quantitative estimate of drug-likeness (QED) is 0.401. The minimum Gasteiger partial charge on any atom is -0.461 e. The second-order valence-corrected chi connectivity index (χ2v) is 21.0. The molecule has 0 amide bonds. The molecule has 1 rings (SSSR count). The third-order valence-electron chi connectivity index (χ3n) is 3.24. The Labute approximate surface area is 162 Å². The van der Waals surface area contributed by atoms with Crippen molar-refractivity contribution in [1.82, 2.24) is 0 Å². The average molecular weight is 411 g/mol. The summed E-state index contributed by atoms with van der Waals surface area (Å²) in [6, 6.07) is 9.97. The van der Waals surface area contributed by atoms with Crippen molar-refractivity contribution in [3.8, 4) is 0 Å². The fourth-order valence-corrected chi connectivity index (χ4v) is 14.0. The highest BCUT2D eigenvalue weighted by molar-refractivity contribution is 6.89. The molecule has 0 atom stereocenters. The van der Waals surface area contributed by atoms with Gasteiger partial charge in [-0.15, -0.1) is 0 Å². The molecule has 1 aromatic carbocycles. The van der Waals surface area contributed by atoms with Gasteiger partial charge in [0.1, 0.15) is 6.61 Å². The molecule has 0 saturated carbocycles. The third kappa shape index (κ3) is 10.9. The van der Waals surface area contributed by atoms with Gasteiger partial charge in [-0.05, 0) is 63.5 Å². The van der Waals surface area contributed by atoms with E-state index in [1.165, 1.54) is 0 Å². The summed E-state index contributed by atoms with van der Waals surface area (Å²) in [5.74, 6) is -0.181. The molecule has 0 heterocycles. The molecule has 146 valence electrons. The van der Waals surface area contributed by atoms with Gasteiger partial charge in [-0.25, -0.2) is 0 Å². The maximum absolute atomic E-state index is 11.9. The number of carbonyl (C=O) groups is 1. The van der Waals surface area contributed by atoms with Crippen LogP contribution in [0, 0.1) is 0 Å². The number of esters is 1. The van der Waals surface area contributed by atoms with Crippen LogP contribution < -0.4 is 0 Å². The largest absolute Gasteiger partial charge is 0.461 e. The van der Waals surface area contributed by atoms with E-state index in [9.17, 15) is 4.79 Å². The molecule has 0 saturated heterocycles. The SMILES string of the molecule is C[Si](C)(C)O[Si](C)(/C=C/COC(=O)CCc1ccccc1)O[Si](C)(C)C. The second kappa shape index (κ2) is 9.80. The standard InChI is InChI=1S/C19H34O4Si3/c1-24(2,3)22-26(7,23-25(4,5)6)17-11-16-21-19(20)15-14-18-12-9-8-10-13-18/h8-13,17H,14-16H2,1-7H3/b17-11+. The van der Waals surface area contributed by atoms with Crippen LogP contribution in [-0.4, -0.2) is 37.8 Å². The fraction of sp³-hybridized carbons (Fsp3) is 0.526. The van der Waals surface area contributed by atoms with E-state index in [0.29, 0.717) is 12.8 Å². The minimum absolute atomic E-state index is 0.181. The van der Waals surface area contributed by atoms with Gasteiger partial charge < -0.3 is 13.0 Å². The summed E-state index contributed by atoms with van der Waals surface area (Å²) in [6.07, 6.45) is 2.98. The van der Waals surface area contributed by atoms with Gasteiger partial charge in [-0.3, -0.25) is 4.79 Å². The molecule has 0 aliphatic carbocycles. The van der Waals surface area contributed by atoms with E-state index in [1.54, 1.807) is 0 Å². The van der Waals surface area contributed by atoms with E-state index in [4.69, 9.17) is 13.0 Å². The third-order valence-corrected chi connectivity index (χ3v) is 12.2. The molecule has 0 aliphatic heterocycles. The van der Waals surface area contributed by atoms with Crippen LogP contribution in [0.2, 0.25) is 45.8 Å². The molecule has 4 nitrogen and oxygen atoms in total. The van der Waals surface area contributed by atoms with E-state index in [2.05, 4.69) is 45.8 Å². The molecule has 1 aromatic rings. The van der Waals surface area contributed by atoms with Crippen molar-refractivity contribution < 1.29 is 17.8 Å². The highest BCUT2D eigenvalue weighted by Gasteiger charge is 2.38. The number of benzene rings is 1. The van der Waals surface area contributed by atoms with Crippen molar-refractivity contribution in [1.29, 1.82) is 0 Å². The number of hydrogen-bond acceptors (Lipinski definition) is 4. The lowest BCUT2D eigenvalue weighted by atomic mass is 10.1. The minimum atomic E-state index is -2.41. The highest BCUT2D eigenvalue weighted by Crippen LogP contribution is 2.21. The molecular weight excluding hydrogens is 376 g/mol. The van der Waals surface area contributed by atoms with Crippen molar-refractivity contribution in [2.75, 3.05) is 6.61 Å². The Hall–Kier alpha value is -0.999. The Morgan fingerprint density at radius 1 is 0.923 bits per heavy atom. The summed E-state index contributed by atoms with van der Waals surface area (Å²) in [4.78, 5) is 11.9. The van der Waals surface area contributed by atoms with Crippen LogP contribution in [0.25, 0.3) is 0 Å². The smallest absolute Gasteiger partial charge is 0.341 e. The van der Waals surface area contributed by atoms with Crippen LogP contribution in [0.1, 0.15) is 12.0 Å². The Kier molecular flexibility index (Phi) is 8.68. The molecular formula is C19H34O4Si3. The topological polar surface area (TPSA) is 44.8 Å². The molecule has 0 aliphatic rings. The van der Waals surface area contributed by atoms with Crippen LogP contribution in [0.4, 0.5) is 0 Å². The van der Waals surface area contributed by atoms with E-state index < -0.39 is 25.2 Å². The van der Waals surface area contributed by atoms with E-state index in [-0.39, 0.29) is 12.6 Å². The molecule has 26 heavy (non-hydrogen) atoms. The monoisotopic (exact) mass is 410 g/mol. The van der Waals surface area contributed by atoms with Crippen LogP contribution in [0.3, 0.4) is 0 Å². The van der Waals surface area contributed by atoms with Gasteiger partial charge in [0.25, 0.3) is 0 Å². The Balaban J connectivity index is 2.52. The summed E-state index contributed by atoms with van der Waals surface area (Å²) >= 11 is 0. The molecule has 0 aromatic heterocycles. The summed E-state index contributed by atoms with van der Waals surface area (Å²) < 4.78 is 18.1. The normalized spacial score (nSPS) is 13.2. The highest BCUT2D eigenvalue weighted by atomic mass is 28.5. The molecule has 0 spiro atoms. The molecule has 0 bridgehead atoms. The predicted octanol–water partition coefficient (Wildman–Crippen LogP) is 5.03. The second-order valence-electron chi connectivity index (χ2n) is 8.52. The van der Waals surface area contributed by atoms with Crippen LogP contribution >= 0.6 is 0 Å². The zero-order valence-electron chi connectivity index (χ0n) is 17.3. The van der Waals surface area contributed by atoms with Gasteiger partial charge in [0.15, 0.2) is 16.6 Å². The van der Waals surface area contributed by atoms with E-state index in [1.807, 2.05) is 42.1 Å². The average Bonchev–Trinajstić information content (AvgIpc) is 2.47. The summed E-state index contributed by atoms with van der Waals surface area (Å²) in [5.41, 5.74) is 3.17. The summed E-state index contributed by atoms with van der Waals surface area (Å²) in [6.45, 7) is 15.4. The number of rotatable bonds is 10. The molecule has 0 fully saturated rings. The first-order valence-corrected chi connectivity index (χ1v) is 18.4. The van der Waals surface area contributed by atoms with Gasteiger partial charge in [0.05, 0.1) is 0 Å². The van der Waals surface area contributed by atoms with Gasteiger partial charge in [-0.2, -0.15) is 0 Å². The molecule has 7 heteroatoms. The van der Waals surface area contributed by atoms with Crippen molar-refractivity contribution in [3.63, 3.8) is 0 Å². The van der Waals surface area contributed by atoms with Crippen molar-refractivity contribution in [3.05, 3.63) is 47.7 Å². The maximum Gasteiger partial charge on any atom is 0.341 e. The van der Waals surface area contributed by atoms with Crippen molar-refractivity contribution >= 4 is 31.2 Å². The van der Waals surface area contributed by atoms with Gasteiger partial charge in [-0.1, -0.05) is 36.4 Å². The lowest BCUT2D eigenvalue weighted by Crippen LogP contribution is -2.51. The number of aryl methyl sites for hydroxylation is 1. The van der Waals surface area contributed by atoms with Crippen LogP contribution in [0.5, 0.6) is 0 Å². The van der Waals surface area contributed by atoms with Crippen LogP contribution in [0.15, 0.2) is 42.1 Å². The Morgan fingerprint density at radius 2 is 1.46 bits per heavy atom. The van der Waals surface area contributed by atoms with Gasteiger partial charge >= 0.3 is 14.5 Å². The Morgan fingerprint density at radius 3 is 1.96 bits per heavy atom. The Bertz CT molecular complexity index is 573. The number of carbonyl (C=O) groups excluding carboxylic acids is 1. The van der Waals surface area contributed by atoms with Crippen molar-refractivity contribution in [2.45, 2.75) is 58.7 Å². The van der Waals surface area contributed by atoms with E-state index in [0.717, 1.165) is 5.56 Å². The van der Waals surface area contributed by atoms with Crippen LogP contribution in [-0.2, 0) is 24.2 Å². The summed E-state index contributed by atoms with van der Waals surface area (Å²) in [5, 5.41) is 0. The number of ether oxygens (including phenoxy) is 1. The first-order valence-electron chi connectivity index (χ1n) is 9.16. The zero-order valence-corrected chi connectivity index (χ0v) is 20.3. The fourth-order valence-electron chi connectivity index (χ4n) is 2.67. The van der Waals surface area contributed by atoms with Crippen molar-refractivity contribution in [2.24, 2.45) is 0 Å². The number of hydrogen-bond donors (Lipinski definition) is 0. The lowest BCUT2D eigenvalue weighted by molar-refractivity contribution is -0.142. The van der Waals surface area contributed by atoms with Gasteiger partial charge in [0.2, 0.25) is 0 Å². The lowest BCUT2D eigenvalue weighted by Gasteiger charge is -2.36. The zero-order chi connectivity index (χ0) is 19.8. The van der Waals surface area contributed by atoms with Gasteiger partial charge in [0, 0.05) is 6.42 Å². The summed E-state index contributed by atoms with van der Waals surface area (Å²) in [7, 11) is -5.86. The first-order chi connectivity index (χ1) is 11.9. The first kappa shape index (κ1) is 23.0. The maximum atomic E-state index is 11.9. The predicted molar refractivity (Wildman–Crippen MR) is 115 cm³/mol. The molecule has 0 unspecified atom stereocenters. The molecule has 0 N–H and O–H groups in total.